The van der Waals surface area contributed by atoms with Crippen LogP contribution in [0.15, 0.2) is 35.2 Å². The second-order valence-electron chi connectivity index (χ2n) is 7.80. The fourth-order valence-corrected chi connectivity index (χ4v) is 5.11. The van der Waals surface area contributed by atoms with Gasteiger partial charge in [-0.2, -0.15) is 0 Å². The van der Waals surface area contributed by atoms with E-state index in [1.807, 2.05) is 45.9 Å². The van der Waals surface area contributed by atoms with E-state index >= 15 is 0 Å². The summed E-state index contributed by atoms with van der Waals surface area (Å²) in [6.45, 7) is 9.61. The van der Waals surface area contributed by atoms with Crippen LogP contribution in [0.1, 0.15) is 48.6 Å². The van der Waals surface area contributed by atoms with Gasteiger partial charge in [0.25, 0.3) is 0 Å². The Kier molecular flexibility index (Phi) is 4.99. The summed E-state index contributed by atoms with van der Waals surface area (Å²) in [5.41, 5.74) is 3.00. The molecule has 0 aromatic heterocycles. The van der Waals surface area contributed by atoms with E-state index in [1.54, 1.807) is 26.2 Å². The van der Waals surface area contributed by atoms with Crippen molar-refractivity contribution in [1.29, 1.82) is 0 Å². The molecule has 0 bridgehead atoms. The molecule has 1 aliphatic rings. The van der Waals surface area contributed by atoms with Crippen LogP contribution in [-0.2, 0) is 10.0 Å². The van der Waals surface area contributed by atoms with Crippen LogP contribution in [0, 0.1) is 20.8 Å². The first-order valence-corrected chi connectivity index (χ1v) is 10.5. The van der Waals surface area contributed by atoms with Crippen molar-refractivity contribution in [3.05, 3.63) is 52.6 Å². The molecule has 0 radical (unpaired) electrons. The second-order valence-corrected chi connectivity index (χ2v) is 9.48. The minimum atomic E-state index is -3.70. The fourth-order valence-electron chi connectivity index (χ4n) is 3.60. The number of hydrogen-bond acceptors (Lipinski definition) is 4. The predicted molar refractivity (Wildman–Crippen MR) is 106 cm³/mol. The number of nitrogens with one attached hydrogen (secondary N) is 1. The minimum absolute atomic E-state index is 0.277. The van der Waals surface area contributed by atoms with Gasteiger partial charge in [0.1, 0.15) is 17.1 Å². The van der Waals surface area contributed by atoms with Crippen LogP contribution in [0.5, 0.6) is 11.5 Å². The summed E-state index contributed by atoms with van der Waals surface area (Å²) < 4.78 is 40.6. The maximum atomic E-state index is 13.2. The molecule has 1 N–H and O–H groups in total. The zero-order chi connectivity index (χ0) is 20.0. The lowest BCUT2D eigenvalue weighted by Crippen LogP contribution is -2.41. The Bertz CT molecular complexity index is 980. The summed E-state index contributed by atoms with van der Waals surface area (Å²) in [6.07, 6.45) is 0.552. The van der Waals surface area contributed by atoms with Gasteiger partial charge in [-0.3, -0.25) is 0 Å². The van der Waals surface area contributed by atoms with Crippen LogP contribution in [-0.4, -0.2) is 21.1 Å². The lowest BCUT2D eigenvalue weighted by molar-refractivity contribution is 0.0701. The Morgan fingerprint density at radius 1 is 1.11 bits per heavy atom. The van der Waals surface area contributed by atoms with Crippen molar-refractivity contribution in [2.24, 2.45) is 0 Å². The Labute approximate surface area is 161 Å². The fraction of sp³-hybridized carbons (Fsp3) is 0.429. The van der Waals surface area contributed by atoms with Crippen LogP contribution in [0.4, 0.5) is 0 Å². The van der Waals surface area contributed by atoms with Crippen LogP contribution >= 0.6 is 0 Å². The van der Waals surface area contributed by atoms with Gasteiger partial charge in [-0.15, -0.1) is 0 Å². The standard InChI is InChI=1S/C21H27NO4S/c1-13-7-8-16-17(12-21(4,5)26-19(16)11-13)22-27(23,24)20-10-9-18(25-6)14(2)15(20)3/h7-11,17,22H,12H2,1-6H3/t17-/m1/s1. The van der Waals surface area contributed by atoms with Crippen LogP contribution in [0.25, 0.3) is 0 Å². The number of aryl methyl sites for hydroxylation is 1. The third-order valence-corrected chi connectivity index (χ3v) is 6.74. The van der Waals surface area contributed by atoms with E-state index < -0.39 is 15.6 Å². The molecule has 1 atom stereocenters. The highest BCUT2D eigenvalue weighted by atomic mass is 32.2. The number of rotatable bonds is 4. The largest absolute Gasteiger partial charge is 0.496 e. The maximum Gasteiger partial charge on any atom is 0.241 e. The van der Waals surface area contributed by atoms with Gasteiger partial charge in [-0.05, 0) is 69.5 Å². The molecule has 146 valence electrons. The predicted octanol–water partition coefficient (Wildman–Crippen LogP) is 4.20. The van der Waals surface area contributed by atoms with E-state index in [0.29, 0.717) is 17.7 Å². The first-order chi connectivity index (χ1) is 12.5. The molecule has 2 aromatic carbocycles. The number of methoxy groups -OCH3 is 1. The normalized spacial score (nSPS) is 18.5. The van der Waals surface area contributed by atoms with E-state index in [1.165, 1.54) is 0 Å². The van der Waals surface area contributed by atoms with Gasteiger partial charge >= 0.3 is 0 Å². The maximum absolute atomic E-state index is 13.2. The van der Waals surface area contributed by atoms with Crippen molar-refractivity contribution in [2.75, 3.05) is 7.11 Å². The first-order valence-electron chi connectivity index (χ1n) is 9.00. The topological polar surface area (TPSA) is 64.6 Å². The van der Waals surface area contributed by atoms with Gasteiger partial charge in [-0.1, -0.05) is 12.1 Å². The molecule has 1 aliphatic heterocycles. The summed E-state index contributed by atoms with van der Waals surface area (Å²) in [5.74, 6) is 1.42. The number of hydrogen-bond donors (Lipinski definition) is 1. The van der Waals surface area contributed by atoms with Gasteiger partial charge in [-0.25, -0.2) is 13.1 Å². The van der Waals surface area contributed by atoms with Crippen LogP contribution in [0.3, 0.4) is 0 Å². The molecular weight excluding hydrogens is 362 g/mol. The average molecular weight is 390 g/mol. The summed E-state index contributed by atoms with van der Waals surface area (Å²) in [5, 5.41) is 0. The third-order valence-electron chi connectivity index (χ3n) is 5.12. The molecule has 3 rings (SSSR count). The molecule has 0 aliphatic carbocycles. The van der Waals surface area contributed by atoms with Crippen molar-refractivity contribution in [1.82, 2.24) is 4.72 Å². The average Bonchev–Trinajstić information content (AvgIpc) is 2.55. The zero-order valence-electron chi connectivity index (χ0n) is 16.7. The number of benzene rings is 2. The van der Waals surface area contributed by atoms with E-state index in [2.05, 4.69) is 4.72 Å². The van der Waals surface area contributed by atoms with Gasteiger partial charge < -0.3 is 9.47 Å². The van der Waals surface area contributed by atoms with Crippen molar-refractivity contribution < 1.29 is 17.9 Å². The van der Waals surface area contributed by atoms with E-state index in [9.17, 15) is 8.42 Å². The molecule has 0 saturated heterocycles. The molecule has 1 heterocycles. The summed E-state index contributed by atoms with van der Waals surface area (Å²) in [4.78, 5) is 0.277. The van der Waals surface area contributed by atoms with Crippen molar-refractivity contribution >= 4 is 10.0 Å². The molecule has 27 heavy (non-hydrogen) atoms. The van der Waals surface area contributed by atoms with Crippen molar-refractivity contribution in [3.63, 3.8) is 0 Å². The lowest BCUT2D eigenvalue weighted by Gasteiger charge is -2.38. The molecule has 0 amide bonds. The van der Waals surface area contributed by atoms with Crippen LogP contribution in [0.2, 0.25) is 0 Å². The quantitative estimate of drug-likeness (QED) is 0.851. The Morgan fingerprint density at radius 3 is 2.48 bits per heavy atom. The number of sulfonamides is 1. The molecule has 2 aromatic rings. The molecule has 0 unspecified atom stereocenters. The highest BCUT2D eigenvalue weighted by molar-refractivity contribution is 7.89. The highest BCUT2D eigenvalue weighted by Crippen LogP contribution is 2.41. The molecule has 0 saturated carbocycles. The molecular formula is C21H27NO4S. The van der Waals surface area contributed by atoms with Gasteiger partial charge in [0.15, 0.2) is 0 Å². The highest BCUT2D eigenvalue weighted by Gasteiger charge is 2.36. The number of ether oxygens (including phenoxy) is 2. The summed E-state index contributed by atoms with van der Waals surface area (Å²) in [7, 11) is -2.12. The monoisotopic (exact) mass is 389 g/mol. The Morgan fingerprint density at radius 2 is 1.81 bits per heavy atom. The minimum Gasteiger partial charge on any atom is -0.496 e. The van der Waals surface area contributed by atoms with E-state index in [4.69, 9.17) is 9.47 Å². The zero-order valence-corrected chi connectivity index (χ0v) is 17.5. The third kappa shape index (κ3) is 3.82. The molecule has 6 heteroatoms. The molecule has 5 nitrogen and oxygen atoms in total. The smallest absolute Gasteiger partial charge is 0.241 e. The SMILES string of the molecule is COc1ccc(S(=O)(=O)N[C@@H]2CC(C)(C)Oc3cc(C)ccc32)c(C)c1C. The van der Waals surface area contributed by atoms with Gasteiger partial charge in [0.05, 0.1) is 18.0 Å². The van der Waals surface area contributed by atoms with E-state index in [0.717, 1.165) is 22.4 Å². The Hall–Kier alpha value is -2.05. The summed E-state index contributed by atoms with van der Waals surface area (Å²) >= 11 is 0. The molecule has 0 fully saturated rings. The van der Waals surface area contributed by atoms with Crippen LogP contribution < -0.4 is 14.2 Å². The first kappa shape index (κ1) is 19.7. The summed E-state index contributed by atoms with van der Waals surface area (Å²) in [6, 6.07) is 8.83. The van der Waals surface area contributed by atoms with Crippen molar-refractivity contribution in [3.8, 4) is 11.5 Å². The number of fused-ring (bicyclic) bond motifs is 1. The van der Waals surface area contributed by atoms with E-state index in [-0.39, 0.29) is 10.9 Å². The van der Waals surface area contributed by atoms with Gasteiger partial charge in [0.2, 0.25) is 10.0 Å². The second kappa shape index (κ2) is 6.84. The molecule has 0 spiro atoms. The van der Waals surface area contributed by atoms with Crippen molar-refractivity contribution in [2.45, 2.75) is 57.6 Å². The lowest BCUT2D eigenvalue weighted by atomic mass is 9.90. The van der Waals surface area contributed by atoms with Gasteiger partial charge in [0, 0.05) is 12.0 Å². The Balaban J connectivity index is 2.01.